The topological polar surface area (TPSA) is 126 Å². The fourth-order valence-corrected chi connectivity index (χ4v) is 4.28. The smallest absolute Gasteiger partial charge is 0.320 e. The summed E-state index contributed by atoms with van der Waals surface area (Å²) in [6.07, 6.45) is 3.99. The van der Waals surface area contributed by atoms with Crippen molar-refractivity contribution in [2.45, 2.75) is 44.1 Å². The Labute approximate surface area is 194 Å². The molecule has 1 aliphatic rings. The highest BCUT2D eigenvalue weighted by Crippen LogP contribution is 2.35. The van der Waals surface area contributed by atoms with Crippen molar-refractivity contribution in [3.63, 3.8) is 0 Å². The van der Waals surface area contributed by atoms with Gasteiger partial charge in [0.25, 0.3) is 5.89 Å². The van der Waals surface area contributed by atoms with Crippen LogP contribution in [0, 0.1) is 5.82 Å². The number of halogens is 1. The minimum absolute atomic E-state index is 0.0436. The number of aromatic nitrogens is 4. The molecule has 0 aliphatic heterocycles. The summed E-state index contributed by atoms with van der Waals surface area (Å²) >= 11 is 0. The predicted molar refractivity (Wildman–Crippen MR) is 122 cm³/mol. The number of nitrogens with zero attached hydrogens (tertiary/aromatic N) is 3. The zero-order valence-electron chi connectivity index (χ0n) is 18.3. The summed E-state index contributed by atoms with van der Waals surface area (Å²) in [6, 6.07) is 12.2. The fourth-order valence-electron chi connectivity index (χ4n) is 4.28. The van der Waals surface area contributed by atoms with E-state index in [1.54, 1.807) is 12.1 Å². The van der Waals surface area contributed by atoms with E-state index >= 15 is 0 Å². The number of aliphatic carboxylic acids is 1. The van der Waals surface area contributed by atoms with Crippen molar-refractivity contribution in [3.8, 4) is 11.7 Å². The van der Waals surface area contributed by atoms with Crippen molar-refractivity contribution in [2.75, 3.05) is 11.9 Å². The molecule has 0 bridgehead atoms. The molecule has 5 rings (SSSR count). The van der Waals surface area contributed by atoms with E-state index in [4.69, 9.17) is 14.3 Å². The van der Waals surface area contributed by atoms with Crippen LogP contribution in [0.25, 0.3) is 22.7 Å². The number of rotatable bonds is 8. The van der Waals surface area contributed by atoms with Gasteiger partial charge in [-0.15, -0.1) is 5.10 Å². The molecule has 10 heteroatoms. The van der Waals surface area contributed by atoms with Crippen LogP contribution in [-0.4, -0.2) is 44.0 Å². The second kappa shape index (κ2) is 9.60. The lowest BCUT2D eigenvalue weighted by Crippen LogP contribution is -2.22. The van der Waals surface area contributed by atoms with Gasteiger partial charge in [0, 0.05) is 5.69 Å². The van der Waals surface area contributed by atoms with Crippen LogP contribution in [0.5, 0.6) is 0 Å². The molecule has 3 N–H and O–H groups in total. The maximum Gasteiger partial charge on any atom is 0.320 e. The van der Waals surface area contributed by atoms with Crippen LogP contribution in [0.4, 0.5) is 16.1 Å². The molecule has 0 unspecified atom stereocenters. The minimum atomic E-state index is -0.832. The average Bonchev–Trinajstić information content (AvgIpc) is 3.47. The van der Waals surface area contributed by atoms with Gasteiger partial charge in [0.05, 0.1) is 30.2 Å². The number of imidazole rings is 1. The van der Waals surface area contributed by atoms with Crippen LogP contribution in [0.2, 0.25) is 0 Å². The Morgan fingerprint density at radius 2 is 1.94 bits per heavy atom. The van der Waals surface area contributed by atoms with Crippen molar-refractivity contribution >= 4 is 28.7 Å². The van der Waals surface area contributed by atoms with Crippen molar-refractivity contribution in [1.29, 1.82) is 0 Å². The van der Waals surface area contributed by atoms with Gasteiger partial charge in [-0.25, -0.2) is 9.37 Å². The molecular weight excluding hydrogens is 441 g/mol. The molecule has 176 valence electrons. The van der Waals surface area contributed by atoms with Gasteiger partial charge in [0.15, 0.2) is 5.82 Å². The van der Waals surface area contributed by atoms with Gasteiger partial charge in [-0.1, -0.05) is 11.2 Å². The van der Waals surface area contributed by atoms with E-state index in [2.05, 4.69) is 37.6 Å². The highest BCUT2D eigenvalue weighted by Gasteiger charge is 2.24. The van der Waals surface area contributed by atoms with Gasteiger partial charge in [-0.3, -0.25) is 4.79 Å². The van der Waals surface area contributed by atoms with E-state index in [9.17, 15) is 9.18 Å². The Bertz CT molecular complexity index is 1280. The molecule has 1 saturated carbocycles. The molecule has 4 aromatic rings. The first-order valence-corrected chi connectivity index (χ1v) is 11.2. The zero-order chi connectivity index (χ0) is 23.5. The lowest BCUT2D eigenvalue weighted by atomic mass is 9.82. The quantitative estimate of drug-likeness (QED) is 0.331. The number of carboxylic acid groups (broad SMARTS) is 1. The molecule has 0 radical (unpaired) electrons. The van der Waals surface area contributed by atoms with E-state index < -0.39 is 5.97 Å². The van der Waals surface area contributed by atoms with Crippen molar-refractivity contribution in [3.05, 3.63) is 53.8 Å². The third-order valence-electron chi connectivity index (χ3n) is 6.05. The zero-order valence-corrected chi connectivity index (χ0v) is 18.3. The summed E-state index contributed by atoms with van der Waals surface area (Å²) in [7, 11) is 0. The maximum absolute atomic E-state index is 13.1. The Hall–Kier alpha value is -3.79. The van der Waals surface area contributed by atoms with Crippen LogP contribution in [0.3, 0.4) is 0 Å². The van der Waals surface area contributed by atoms with E-state index in [0.29, 0.717) is 17.4 Å². The minimum Gasteiger partial charge on any atom is -0.481 e. The van der Waals surface area contributed by atoms with Crippen LogP contribution in [0.1, 0.15) is 43.6 Å². The molecule has 2 aromatic carbocycles. The van der Waals surface area contributed by atoms with Gasteiger partial charge in [0.1, 0.15) is 5.82 Å². The molecule has 34 heavy (non-hydrogen) atoms. The van der Waals surface area contributed by atoms with Crippen LogP contribution in [0.15, 0.2) is 46.9 Å². The van der Waals surface area contributed by atoms with Gasteiger partial charge < -0.3 is 24.6 Å². The molecule has 1 fully saturated rings. The lowest BCUT2D eigenvalue weighted by molar-refractivity contribution is -0.138. The summed E-state index contributed by atoms with van der Waals surface area (Å²) in [4.78, 5) is 18.5. The number of anilines is 2. The summed E-state index contributed by atoms with van der Waals surface area (Å²) in [5, 5.41) is 19.7. The molecule has 1 aliphatic carbocycles. The number of carbonyl (C=O) groups is 1. The largest absolute Gasteiger partial charge is 0.481 e. The highest BCUT2D eigenvalue weighted by molar-refractivity contribution is 5.79. The lowest BCUT2D eigenvalue weighted by Gasteiger charge is -2.28. The molecule has 0 atom stereocenters. The Morgan fingerprint density at radius 1 is 1.15 bits per heavy atom. The number of aromatic amines is 1. The third kappa shape index (κ3) is 5.07. The van der Waals surface area contributed by atoms with Crippen LogP contribution in [-0.2, 0) is 9.53 Å². The number of nitrogens with one attached hydrogen (secondary N) is 2. The SMILES string of the molecule is O=C(O)CCOC1CCC(c2ccc3[nH]c(-c4nnc(Nc5ccc(F)cc5)o4)nc3c2)CC1. The van der Waals surface area contributed by atoms with Crippen molar-refractivity contribution in [1.82, 2.24) is 20.2 Å². The first-order valence-electron chi connectivity index (χ1n) is 11.2. The Balaban J connectivity index is 1.23. The van der Waals surface area contributed by atoms with E-state index in [0.717, 1.165) is 36.7 Å². The molecule has 2 aromatic heterocycles. The van der Waals surface area contributed by atoms with Gasteiger partial charge in [-0.2, -0.15) is 0 Å². The van der Waals surface area contributed by atoms with Crippen molar-refractivity contribution < 1.29 is 23.4 Å². The maximum atomic E-state index is 13.1. The average molecular weight is 465 g/mol. The van der Waals surface area contributed by atoms with Crippen LogP contribution < -0.4 is 5.32 Å². The Morgan fingerprint density at radius 3 is 2.71 bits per heavy atom. The first-order chi connectivity index (χ1) is 16.5. The molecule has 0 spiro atoms. The monoisotopic (exact) mass is 465 g/mol. The van der Waals surface area contributed by atoms with Gasteiger partial charge in [0.2, 0.25) is 0 Å². The predicted octanol–water partition coefficient (Wildman–Crippen LogP) is 5.01. The molecule has 0 amide bonds. The number of fused-ring (bicyclic) bond motifs is 1. The van der Waals surface area contributed by atoms with Gasteiger partial charge in [-0.05, 0) is 73.6 Å². The highest BCUT2D eigenvalue weighted by atomic mass is 19.1. The number of hydrogen-bond donors (Lipinski definition) is 3. The number of H-pyrrole nitrogens is 1. The molecule has 2 heterocycles. The van der Waals surface area contributed by atoms with Gasteiger partial charge >= 0.3 is 12.0 Å². The van der Waals surface area contributed by atoms with Crippen LogP contribution >= 0.6 is 0 Å². The second-order valence-corrected chi connectivity index (χ2v) is 8.39. The standard InChI is InChI=1S/C24H24FN5O4/c25-16-4-6-17(7-5-16)26-24-30-29-23(34-24)22-27-19-10-3-15(13-20(19)28-22)14-1-8-18(9-2-14)33-12-11-21(31)32/h3-7,10,13-14,18H,1-2,8-9,11-12H2,(H,26,30)(H,27,28)(H,31,32). The molecular formula is C24H24FN5O4. The summed E-state index contributed by atoms with van der Waals surface area (Å²) in [6.45, 7) is 0.267. The fraction of sp³-hybridized carbons (Fsp3) is 0.333. The second-order valence-electron chi connectivity index (χ2n) is 8.39. The summed E-state index contributed by atoms with van der Waals surface area (Å²) in [5.41, 5.74) is 3.54. The summed E-state index contributed by atoms with van der Waals surface area (Å²) < 4.78 is 24.4. The Kier molecular flexibility index (Phi) is 6.22. The van der Waals surface area contributed by atoms with E-state index in [-0.39, 0.29) is 36.9 Å². The number of benzene rings is 2. The normalized spacial score (nSPS) is 18.3. The molecule has 9 nitrogen and oxygen atoms in total. The third-order valence-corrected chi connectivity index (χ3v) is 6.05. The number of ether oxygens (including phenoxy) is 1. The number of hydrogen-bond acceptors (Lipinski definition) is 7. The van der Waals surface area contributed by atoms with E-state index in [1.165, 1.54) is 17.7 Å². The summed E-state index contributed by atoms with van der Waals surface area (Å²) in [5.74, 6) is -0.0145. The first kappa shape index (κ1) is 22.0. The van der Waals surface area contributed by atoms with Crippen molar-refractivity contribution in [2.24, 2.45) is 0 Å². The number of carboxylic acids is 1. The molecule has 0 saturated heterocycles. The van der Waals surface area contributed by atoms with E-state index in [1.807, 2.05) is 6.07 Å².